The van der Waals surface area contributed by atoms with Crippen LogP contribution in [0, 0.1) is 0 Å². The van der Waals surface area contributed by atoms with Crippen LogP contribution in [0.5, 0.6) is 0 Å². The van der Waals surface area contributed by atoms with Gasteiger partial charge in [-0.2, -0.15) is 4.98 Å². The summed E-state index contributed by atoms with van der Waals surface area (Å²) in [5.41, 5.74) is 0.905. The molecule has 1 atom stereocenters. The van der Waals surface area contributed by atoms with Crippen LogP contribution in [0.4, 0.5) is 0 Å². The lowest BCUT2D eigenvalue weighted by Gasteiger charge is -2.21. The lowest BCUT2D eigenvalue weighted by molar-refractivity contribution is -0.132. The van der Waals surface area contributed by atoms with Gasteiger partial charge in [0.1, 0.15) is 6.04 Å². The molecule has 1 unspecified atom stereocenters. The molecule has 5 nitrogen and oxygen atoms in total. The van der Waals surface area contributed by atoms with Gasteiger partial charge in [0, 0.05) is 23.0 Å². The number of rotatable bonds is 4. The molecule has 0 saturated carbocycles. The molecule has 2 aromatic rings. The van der Waals surface area contributed by atoms with E-state index < -0.39 is 0 Å². The predicted molar refractivity (Wildman–Crippen MR) is 86.0 cm³/mol. The Bertz CT molecular complexity index is 654. The van der Waals surface area contributed by atoms with Gasteiger partial charge in [-0.15, -0.1) is 0 Å². The normalized spacial score (nSPS) is 17.9. The van der Waals surface area contributed by atoms with Gasteiger partial charge in [0.15, 0.2) is 0 Å². The minimum Gasteiger partial charge on any atom is -0.337 e. The van der Waals surface area contributed by atoms with Gasteiger partial charge in [0.05, 0.1) is 0 Å². The Labute approximate surface area is 137 Å². The average Bonchev–Trinajstić information content (AvgIpc) is 3.17. The average molecular weight is 364 g/mol. The number of amides is 1. The Morgan fingerprint density at radius 3 is 2.91 bits per heavy atom. The lowest BCUT2D eigenvalue weighted by atomic mass is 10.2. The molecule has 1 aliphatic rings. The van der Waals surface area contributed by atoms with Gasteiger partial charge in [-0.3, -0.25) is 4.79 Å². The Morgan fingerprint density at radius 1 is 1.41 bits per heavy atom. The quantitative estimate of drug-likeness (QED) is 0.824. The minimum atomic E-state index is -0.0734. The van der Waals surface area contributed by atoms with Crippen LogP contribution >= 0.6 is 15.9 Å². The number of likely N-dealkylation sites (tertiary alicyclic amines) is 1. The van der Waals surface area contributed by atoms with Crippen LogP contribution in [0.25, 0.3) is 11.4 Å². The summed E-state index contributed by atoms with van der Waals surface area (Å²) in [6.45, 7) is 2.79. The second kappa shape index (κ2) is 6.60. The maximum absolute atomic E-state index is 12.2. The molecule has 0 N–H and O–H groups in total. The van der Waals surface area contributed by atoms with Crippen LogP contribution < -0.4 is 0 Å². The summed E-state index contributed by atoms with van der Waals surface area (Å²) >= 11 is 3.41. The number of halogens is 1. The van der Waals surface area contributed by atoms with E-state index in [1.165, 1.54) is 0 Å². The van der Waals surface area contributed by atoms with E-state index in [1.807, 2.05) is 36.1 Å². The highest BCUT2D eigenvalue weighted by atomic mass is 79.9. The molecule has 1 saturated heterocycles. The number of benzene rings is 1. The summed E-state index contributed by atoms with van der Waals surface area (Å²) in [6.07, 6.45) is 3.30. The number of aromatic nitrogens is 2. The summed E-state index contributed by atoms with van der Waals surface area (Å²) in [5.74, 6) is 1.28. The molecule has 0 bridgehead atoms. The molecule has 1 amide bonds. The molecular formula is C16H18BrN3O2. The molecular weight excluding hydrogens is 346 g/mol. The topological polar surface area (TPSA) is 59.2 Å². The van der Waals surface area contributed by atoms with Gasteiger partial charge in [0.25, 0.3) is 0 Å². The number of carbonyl (C=O) groups excluding carboxylic acids is 1. The van der Waals surface area contributed by atoms with Gasteiger partial charge in [0.2, 0.25) is 17.6 Å². The van der Waals surface area contributed by atoms with Crippen molar-refractivity contribution >= 4 is 21.8 Å². The summed E-state index contributed by atoms with van der Waals surface area (Å²) in [6, 6.07) is 7.69. The zero-order chi connectivity index (χ0) is 15.5. The van der Waals surface area contributed by atoms with Gasteiger partial charge >= 0.3 is 0 Å². The molecule has 0 radical (unpaired) electrons. The van der Waals surface area contributed by atoms with E-state index in [1.54, 1.807) is 0 Å². The van der Waals surface area contributed by atoms with Crippen molar-refractivity contribution in [3.63, 3.8) is 0 Å². The fourth-order valence-electron chi connectivity index (χ4n) is 2.77. The summed E-state index contributed by atoms with van der Waals surface area (Å²) in [7, 11) is 0. The summed E-state index contributed by atoms with van der Waals surface area (Å²) in [5, 5.41) is 4.06. The lowest BCUT2D eigenvalue weighted by Crippen LogP contribution is -2.30. The van der Waals surface area contributed by atoms with Crippen molar-refractivity contribution in [3.8, 4) is 11.4 Å². The highest BCUT2D eigenvalue weighted by molar-refractivity contribution is 9.10. The molecule has 6 heteroatoms. The van der Waals surface area contributed by atoms with Crippen LogP contribution in [0.3, 0.4) is 0 Å². The molecule has 1 aliphatic heterocycles. The van der Waals surface area contributed by atoms with Gasteiger partial charge in [-0.1, -0.05) is 28.0 Å². The highest BCUT2D eigenvalue weighted by Gasteiger charge is 2.33. The van der Waals surface area contributed by atoms with Crippen LogP contribution in [0.1, 0.15) is 44.5 Å². The summed E-state index contributed by atoms with van der Waals surface area (Å²) in [4.78, 5) is 18.5. The SMILES string of the molecule is CCCC(=O)N1CCCC1c1nc(-c2ccc(Br)cc2)no1. The molecule has 0 spiro atoms. The zero-order valence-corrected chi connectivity index (χ0v) is 14.0. The second-order valence-electron chi connectivity index (χ2n) is 5.46. The Morgan fingerprint density at radius 2 is 2.18 bits per heavy atom. The molecule has 1 fully saturated rings. The van der Waals surface area contributed by atoms with Crippen LogP contribution in [-0.2, 0) is 4.79 Å². The van der Waals surface area contributed by atoms with E-state index >= 15 is 0 Å². The fraction of sp³-hybridized carbons (Fsp3) is 0.438. The smallest absolute Gasteiger partial charge is 0.249 e. The number of nitrogens with zero attached hydrogens (tertiary/aromatic N) is 3. The maximum atomic E-state index is 12.2. The first-order valence-electron chi connectivity index (χ1n) is 7.58. The Hall–Kier alpha value is -1.69. The van der Waals surface area contributed by atoms with Crippen molar-refractivity contribution in [1.82, 2.24) is 15.0 Å². The van der Waals surface area contributed by atoms with Crippen molar-refractivity contribution < 1.29 is 9.32 Å². The van der Waals surface area contributed by atoms with Crippen molar-refractivity contribution in [2.24, 2.45) is 0 Å². The van der Waals surface area contributed by atoms with Crippen LogP contribution in [0.2, 0.25) is 0 Å². The molecule has 3 rings (SSSR count). The first-order valence-corrected chi connectivity index (χ1v) is 8.37. The fourth-order valence-corrected chi connectivity index (χ4v) is 3.03. The first kappa shape index (κ1) is 15.2. The minimum absolute atomic E-state index is 0.0734. The molecule has 2 heterocycles. The van der Waals surface area contributed by atoms with Crippen molar-refractivity contribution in [2.75, 3.05) is 6.54 Å². The second-order valence-corrected chi connectivity index (χ2v) is 6.37. The third-order valence-corrected chi connectivity index (χ3v) is 4.39. The van der Waals surface area contributed by atoms with E-state index in [9.17, 15) is 4.79 Å². The standard InChI is InChI=1S/C16H18BrN3O2/c1-2-4-14(21)20-10-3-5-13(20)16-18-15(19-22-16)11-6-8-12(17)9-7-11/h6-9,13H,2-5,10H2,1H3. The van der Waals surface area contributed by atoms with E-state index in [0.717, 1.165) is 35.8 Å². The summed E-state index contributed by atoms with van der Waals surface area (Å²) < 4.78 is 6.43. The van der Waals surface area contributed by atoms with Crippen molar-refractivity contribution in [2.45, 2.75) is 38.6 Å². The monoisotopic (exact) mass is 363 g/mol. The van der Waals surface area contributed by atoms with Gasteiger partial charge in [-0.05, 0) is 43.5 Å². The largest absolute Gasteiger partial charge is 0.337 e. The van der Waals surface area contributed by atoms with Crippen molar-refractivity contribution in [1.29, 1.82) is 0 Å². The Balaban J connectivity index is 1.80. The van der Waals surface area contributed by atoms with E-state index in [4.69, 9.17) is 4.52 Å². The van der Waals surface area contributed by atoms with Crippen molar-refractivity contribution in [3.05, 3.63) is 34.6 Å². The number of hydrogen-bond donors (Lipinski definition) is 0. The van der Waals surface area contributed by atoms with Crippen LogP contribution in [0.15, 0.2) is 33.3 Å². The third-order valence-electron chi connectivity index (χ3n) is 3.87. The molecule has 116 valence electrons. The number of carbonyl (C=O) groups is 1. The predicted octanol–water partition coefficient (Wildman–Crippen LogP) is 3.96. The third kappa shape index (κ3) is 3.06. The molecule has 22 heavy (non-hydrogen) atoms. The molecule has 1 aromatic carbocycles. The van der Waals surface area contributed by atoms with E-state index in [-0.39, 0.29) is 11.9 Å². The number of hydrogen-bond acceptors (Lipinski definition) is 4. The highest BCUT2D eigenvalue weighted by Crippen LogP contribution is 2.32. The zero-order valence-electron chi connectivity index (χ0n) is 12.5. The maximum Gasteiger partial charge on any atom is 0.249 e. The van der Waals surface area contributed by atoms with Crippen LogP contribution in [-0.4, -0.2) is 27.5 Å². The van der Waals surface area contributed by atoms with Gasteiger partial charge < -0.3 is 9.42 Å². The molecule has 1 aromatic heterocycles. The van der Waals surface area contributed by atoms with E-state index in [2.05, 4.69) is 26.1 Å². The van der Waals surface area contributed by atoms with E-state index in [0.29, 0.717) is 18.1 Å². The Kier molecular flexibility index (Phi) is 4.57. The van der Waals surface area contributed by atoms with Gasteiger partial charge in [-0.25, -0.2) is 0 Å². The first-order chi connectivity index (χ1) is 10.7. The molecule has 0 aliphatic carbocycles.